The third-order valence-corrected chi connectivity index (χ3v) is 4.01. The van der Waals surface area contributed by atoms with E-state index in [0.717, 1.165) is 22.7 Å². The molecular weight excluding hydrogens is 298 g/mol. The maximum absolute atomic E-state index is 12.2. The molecule has 2 rings (SSSR count). The molecule has 0 saturated carbocycles. The van der Waals surface area contributed by atoms with Gasteiger partial charge in [0.15, 0.2) is 0 Å². The van der Waals surface area contributed by atoms with E-state index in [1.54, 1.807) is 36.6 Å². The van der Waals surface area contributed by atoms with E-state index >= 15 is 0 Å². The molecule has 1 aromatic heterocycles. The monoisotopic (exact) mass is 319 g/mol. The summed E-state index contributed by atoms with van der Waals surface area (Å²) in [6.45, 7) is 2.52. The van der Waals surface area contributed by atoms with Gasteiger partial charge in [-0.15, -0.1) is 11.3 Å². The molecule has 5 nitrogen and oxygen atoms in total. The Bertz CT molecular complexity index is 601. The van der Waals surface area contributed by atoms with Crippen LogP contribution in [0.4, 0.5) is 4.79 Å². The van der Waals surface area contributed by atoms with Crippen LogP contribution in [0.2, 0.25) is 0 Å². The zero-order valence-corrected chi connectivity index (χ0v) is 13.9. The van der Waals surface area contributed by atoms with E-state index in [0.29, 0.717) is 6.54 Å². The molecule has 2 aromatic rings. The molecule has 2 amide bonds. The maximum Gasteiger partial charge on any atom is 0.317 e. The Labute approximate surface area is 134 Å². The number of hydrogen-bond acceptors (Lipinski definition) is 4. The Morgan fingerprint density at radius 2 is 2.32 bits per heavy atom. The number of thiazole rings is 1. The first-order valence-electron chi connectivity index (χ1n) is 7.11. The van der Waals surface area contributed by atoms with Gasteiger partial charge in [0.05, 0.1) is 13.7 Å². The van der Waals surface area contributed by atoms with E-state index in [2.05, 4.69) is 10.3 Å². The fraction of sp³-hybridized carbons (Fsp3) is 0.375. The van der Waals surface area contributed by atoms with E-state index in [1.807, 2.05) is 36.6 Å². The third-order valence-electron chi connectivity index (χ3n) is 3.25. The predicted octanol–water partition coefficient (Wildman–Crippen LogP) is 2.92. The van der Waals surface area contributed by atoms with Crippen molar-refractivity contribution in [1.82, 2.24) is 15.2 Å². The minimum atomic E-state index is -0.0920. The van der Waals surface area contributed by atoms with Crippen LogP contribution in [0, 0.1) is 0 Å². The molecule has 1 atom stereocenters. The topological polar surface area (TPSA) is 54.5 Å². The van der Waals surface area contributed by atoms with Crippen molar-refractivity contribution in [2.45, 2.75) is 25.9 Å². The molecular formula is C16H21N3O2S. The largest absolute Gasteiger partial charge is 0.497 e. The van der Waals surface area contributed by atoms with Gasteiger partial charge in [-0.25, -0.2) is 9.78 Å². The number of carbonyl (C=O) groups excluding carboxylic acids is 1. The number of ether oxygens (including phenoxy) is 1. The summed E-state index contributed by atoms with van der Waals surface area (Å²) in [5.74, 6) is 0.830. The van der Waals surface area contributed by atoms with Crippen molar-refractivity contribution in [3.63, 3.8) is 0 Å². The van der Waals surface area contributed by atoms with Gasteiger partial charge >= 0.3 is 6.03 Å². The van der Waals surface area contributed by atoms with Crippen molar-refractivity contribution >= 4 is 17.4 Å². The number of urea groups is 1. The summed E-state index contributed by atoms with van der Waals surface area (Å²) in [6.07, 6.45) is 2.51. The second-order valence-corrected chi connectivity index (χ2v) is 6.17. The highest BCUT2D eigenvalue weighted by Crippen LogP contribution is 2.14. The first kappa shape index (κ1) is 16.3. The second-order valence-electron chi connectivity index (χ2n) is 5.19. The van der Waals surface area contributed by atoms with Crippen LogP contribution in [0.5, 0.6) is 5.75 Å². The minimum absolute atomic E-state index is 0.0401. The molecule has 0 radical (unpaired) electrons. The average Bonchev–Trinajstić information content (AvgIpc) is 3.00. The molecule has 118 valence electrons. The summed E-state index contributed by atoms with van der Waals surface area (Å²) in [6, 6.07) is 7.84. The molecule has 0 saturated heterocycles. The minimum Gasteiger partial charge on any atom is -0.497 e. The van der Waals surface area contributed by atoms with Gasteiger partial charge in [0.1, 0.15) is 10.8 Å². The SMILES string of the molecule is COc1cccc(C[C@@H](C)NC(=O)N(C)Cc2nccs2)c1. The van der Waals surface area contributed by atoms with Gasteiger partial charge < -0.3 is 15.0 Å². The Morgan fingerprint density at radius 1 is 1.50 bits per heavy atom. The average molecular weight is 319 g/mol. The summed E-state index contributed by atoms with van der Waals surface area (Å²) >= 11 is 1.55. The normalized spacial score (nSPS) is 11.8. The van der Waals surface area contributed by atoms with Crippen LogP contribution in [0.3, 0.4) is 0 Å². The summed E-state index contributed by atoms with van der Waals surface area (Å²) in [5, 5.41) is 5.84. The number of rotatable bonds is 6. The lowest BCUT2D eigenvalue weighted by Gasteiger charge is -2.20. The Balaban J connectivity index is 1.85. The molecule has 1 heterocycles. The first-order chi connectivity index (χ1) is 10.6. The lowest BCUT2D eigenvalue weighted by Crippen LogP contribution is -2.42. The number of aromatic nitrogens is 1. The van der Waals surface area contributed by atoms with Crippen molar-refractivity contribution in [1.29, 1.82) is 0 Å². The molecule has 1 aromatic carbocycles. The predicted molar refractivity (Wildman–Crippen MR) is 88.3 cm³/mol. The first-order valence-corrected chi connectivity index (χ1v) is 7.99. The van der Waals surface area contributed by atoms with E-state index in [-0.39, 0.29) is 12.1 Å². The molecule has 1 N–H and O–H groups in total. The van der Waals surface area contributed by atoms with Crippen molar-refractivity contribution in [3.8, 4) is 5.75 Å². The van der Waals surface area contributed by atoms with Gasteiger partial charge in [-0.3, -0.25) is 0 Å². The molecule has 0 aliphatic carbocycles. The summed E-state index contributed by atoms with van der Waals surface area (Å²) in [7, 11) is 3.42. The van der Waals surface area contributed by atoms with Crippen molar-refractivity contribution < 1.29 is 9.53 Å². The highest BCUT2D eigenvalue weighted by Gasteiger charge is 2.13. The fourth-order valence-electron chi connectivity index (χ4n) is 2.13. The number of carbonyl (C=O) groups is 1. The van der Waals surface area contributed by atoms with Gasteiger partial charge in [0, 0.05) is 24.7 Å². The molecule has 6 heteroatoms. The fourth-order valence-corrected chi connectivity index (χ4v) is 2.80. The number of nitrogens with one attached hydrogen (secondary N) is 1. The van der Waals surface area contributed by atoms with Crippen molar-refractivity contribution in [3.05, 3.63) is 46.4 Å². The van der Waals surface area contributed by atoms with E-state index < -0.39 is 0 Å². The molecule has 0 bridgehead atoms. The Morgan fingerprint density at radius 3 is 3.00 bits per heavy atom. The van der Waals surface area contributed by atoms with Gasteiger partial charge in [-0.1, -0.05) is 12.1 Å². The quantitative estimate of drug-likeness (QED) is 0.890. The van der Waals surface area contributed by atoms with E-state index in [1.165, 1.54) is 0 Å². The third kappa shape index (κ3) is 4.73. The van der Waals surface area contributed by atoms with Gasteiger partial charge in [-0.05, 0) is 31.0 Å². The summed E-state index contributed by atoms with van der Waals surface area (Å²) < 4.78 is 5.21. The van der Waals surface area contributed by atoms with Gasteiger partial charge in [0.2, 0.25) is 0 Å². The molecule has 0 fully saturated rings. The second kappa shape index (κ2) is 7.79. The van der Waals surface area contributed by atoms with Crippen LogP contribution in [-0.4, -0.2) is 36.1 Å². The number of hydrogen-bond donors (Lipinski definition) is 1. The van der Waals surface area contributed by atoms with Crippen molar-refractivity contribution in [2.75, 3.05) is 14.2 Å². The zero-order valence-electron chi connectivity index (χ0n) is 13.1. The van der Waals surface area contributed by atoms with Crippen LogP contribution in [-0.2, 0) is 13.0 Å². The maximum atomic E-state index is 12.2. The van der Waals surface area contributed by atoms with Crippen molar-refractivity contribution in [2.24, 2.45) is 0 Å². The zero-order chi connectivity index (χ0) is 15.9. The molecule has 0 spiro atoms. The Kier molecular flexibility index (Phi) is 5.77. The number of methoxy groups -OCH3 is 1. The van der Waals surface area contributed by atoms with Crippen LogP contribution in [0.25, 0.3) is 0 Å². The highest BCUT2D eigenvalue weighted by molar-refractivity contribution is 7.09. The lowest BCUT2D eigenvalue weighted by molar-refractivity contribution is 0.203. The van der Waals surface area contributed by atoms with Gasteiger partial charge in [-0.2, -0.15) is 0 Å². The number of nitrogens with zero attached hydrogens (tertiary/aromatic N) is 2. The van der Waals surface area contributed by atoms with E-state index in [4.69, 9.17) is 4.74 Å². The Hall–Kier alpha value is -2.08. The smallest absolute Gasteiger partial charge is 0.317 e. The highest BCUT2D eigenvalue weighted by atomic mass is 32.1. The lowest BCUT2D eigenvalue weighted by atomic mass is 10.1. The standard InChI is InChI=1S/C16H21N3O2S/c1-12(9-13-5-4-6-14(10-13)21-3)18-16(20)19(2)11-15-17-7-8-22-15/h4-8,10,12H,9,11H2,1-3H3,(H,18,20)/t12-/m1/s1. The summed E-state index contributed by atoms with van der Waals surface area (Å²) in [5.41, 5.74) is 1.13. The molecule has 0 unspecified atom stereocenters. The van der Waals surface area contributed by atoms with Crippen LogP contribution < -0.4 is 10.1 Å². The van der Waals surface area contributed by atoms with E-state index in [9.17, 15) is 4.79 Å². The van der Waals surface area contributed by atoms with Gasteiger partial charge in [0.25, 0.3) is 0 Å². The number of benzene rings is 1. The number of amides is 2. The van der Waals surface area contributed by atoms with Crippen LogP contribution >= 0.6 is 11.3 Å². The molecule has 22 heavy (non-hydrogen) atoms. The van der Waals surface area contributed by atoms with Crippen LogP contribution in [0.15, 0.2) is 35.8 Å². The van der Waals surface area contributed by atoms with Crippen LogP contribution in [0.1, 0.15) is 17.5 Å². The summed E-state index contributed by atoms with van der Waals surface area (Å²) in [4.78, 5) is 18.0. The molecule has 0 aliphatic heterocycles. The molecule has 0 aliphatic rings.